The van der Waals surface area contributed by atoms with Crippen LogP contribution in [0.25, 0.3) is 0 Å². The molecule has 3 aliphatic heterocycles. The largest absolute Gasteiger partial charge is 0.374 e. The molecule has 0 aromatic heterocycles. The van der Waals surface area contributed by atoms with Gasteiger partial charge in [-0.1, -0.05) is 6.42 Å². The number of fused-ring (bicyclic) bond motifs is 1. The van der Waals surface area contributed by atoms with Crippen molar-refractivity contribution < 1.29 is 10.3 Å². The molecule has 82 valence electrons. The Morgan fingerprint density at radius 2 is 1.64 bits per heavy atom. The van der Waals surface area contributed by atoms with Crippen molar-refractivity contribution in [2.75, 3.05) is 26.2 Å². The minimum absolute atomic E-state index is 0.306. The molecule has 4 heteroatoms. The fourth-order valence-corrected chi connectivity index (χ4v) is 2.22. The number of nitrogens with zero attached hydrogens (tertiary/aromatic N) is 2. The maximum Gasteiger partial charge on any atom is 0.131 e. The Hall–Kier alpha value is -0.160. The lowest BCUT2D eigenvalue weighted by atomic mass is 10.2. The highest BCUT2D eigenvalue weighted by molar-refractivity contribution is 5.01. The highest BCUT2D eigenvalue weighted by atomic mass is 16.5. The van der Waals surface area contributed by atoms with Crippen LogP contribution in [0.5, 0.6) is 0 Å². The molecular formula is C10H20N2O2. The first-order chi connectivity index (χ1) is 6.71. The normalized spacial score (nSPS) is 41.1. The van der Waals surface area contributed by atoms with E-state index < -0.39 is 0 Å². The molecule has 0 bridgehead atoms. The molecule has 3 saturated heterocycles. The molecule has 0 aromatic carbocycles. The second-order valence-corrected chi connectivity index (χ2v) is 4.52. The van der Waals surface area contributed by atoms with Gasteiger partial charge in [0.25, 0.3) is 0 Å². The van der Waals surface area contributed by atoms with E-state index in [1.165, 1.54) is 17.9 Å². The summed E-state index contributed by atoms with van der Waals surface area (Å²) < 4.78 is 0. The molecule has 4 nitrogen and oxygen atoms in total. The third-order valence-corrected chi connectivity index (χ3v) is 3.27. The van der Waals surface area contributed by atoms with Crippen molar-refractivity contribution in [3.05, 3.63) is 0 Å². The molecule has 3 rings (SSSR count). The summed E-state index contributed by atoms with van der Waals surface area (Å²) in [5, 5.41) is 19.3. The SMILES string of the molecule is OC12CCC[N@]1C2.ON1CCCCC1. The quantitative estimate of drug-likeness (QED) is 0.564. The lowest BCUT2D eigenvalue weighted by Crippen LogP contribution is -2.25. The second-order valence-electron chi connectivity index (χ2n) is 4.52. The summed E-state index contributed by atoms with van der Waals surface area (Å²) in [4.78, 5) is 2.10. The van der Waals surface area contributed by atoms with Crippen LogP contribution in [0, 0.1) is 0 Å². The molecule has 2 atom stereocenters. The molecule has 3 heterocycles. The summed E-state index contributed by atoms with van der Waals surface area (Å²) in [7, 11) is 0. The van der Waals surface area contributed by atoms with Crippen molar-refractivity contribution in [1.29, 1.82) is 0 Å². The molecule has 0 amide bonds. The van der Waals surface area contributed by atoms with Gasteiger partial charge in [0, 0.05) is 26.2 Å². The molecular weight excluding hydrogens is 180 g/mol. The Morgan fingerprint density at radius 1 is 0.929 bits per heavy atom. The number of hydrogen-bond acceptors (Lipinski definition) is 4. The van der Waals surface area contributed by atoms with Crippen LogP contribution < -0.4 is 0 Å². The van der Waals surface area contributed by atoms with Crippen LogP contribution in [0.3, 0.4) is 0 Å². The third-order valence-electron chi connectivity index (χ3n) is 3.27. The predicted molar refractivity (Wildman–Crippen MR) is 53.0 cm³/mol. The smallest absolute Gasteiger partial charge is 0.131 e. The van der Waals surface area contributed by atoms with Crippen LogP contribution in [0.1, 0.15) is 32.1 Å². The highest BCUT2D eigenvalue weighted by Gasteiger charge is 2.53. The van der Waals surface area contributed by atoms with Gasteiger partial charge >= 0.3 is 0 Å². The minimum atomic E-state index is -0.306. The second kappa shape index (κ2) is 4.14. The number of hydroxylamine groups is 2. The molecule has 0 aromatic rings. The Morgan fingerprint density at radius 3 is 1.86 bits per heavy atom. The fraction of sp³-hybridized carbons (Fsp3) is 1.00. The van der Waals surface area contributed by atoms with Gasteiger partial charge in [-0.05, 0) is 25.7 Å². The first-order valence-electron chi connectivity index (χ1n) is 5.62. The van der Waals surface area contributed by atoms with E-state index in [1.807, 2.05) is 0 Å². The van der Waals surface area contributed by atoms with Crippen molar-refractivity contribution in [1.82, 2.24) is 9.96 Å². The zero-order valence-corrected chi connectivity index (χ0v) is 8.65. The van der Waals surface area contributed by atoms with E-state index in [0.717, 1.165) is 45.4 Å². The molecule has 2 N–H and O–H groups in total. The molecule has 0 radical (unpaired) electrons. The maximum atomic E-state index is 9.19. The van der Waals surface area contributed by atoms with E-state index in [9.17, 15) is 5.11 Å². The van der Waals surface area contributed by atoms with Crippen LogP contribution in [0.4, 0.5) is 0 Å². The topological polar surface area (TPSA) is 46.7 Å². The molecule has 0 aliphatic carbocycles. The van der Waals surface area contributed by atoms with Gasteiger partial charge in [-0.25, -0.2) is 0 Å². The maximum absolute atomic E-state index is 9.19. The molecule has 14 heavy (non-hydrogen) atoms. The fourth-order valence-electron chi connectivity index (χ4n) is 2.22. The van der Waals surface area contributed by atoms with E-state index in [1.54, 1.807) is 0 Å². The van der Waals surface area contributed by atoms with E-state index in [-0.39, 0.29) is 5.72 Å². The summed E-state index contributed by atoms with van der Waals surface area (Å²) in [6.07, 6.45) is 5.81. The zero-order valence-electron chi connectivity index (χ0n) is 8.65. The van der Waals surface area contributed by atoms with Crippen LogP contribution in [0.2, 0.25) is 0 Å². The van der Waals surface area contributed by atoms with Gasteiger partial charge in [-0.15, -0.1) is 0 Å². The summed E-state index contributed by atoms with van der Waals surface area (Å²) in [6.45, 7) is 3.81. The van der Waals surface area contributed by atoms with Crippen LogP contribution in [0.15, 0.2) is 0 Å². The minimum Gasteiger partial charge on any atom is -0.374 e. The van der Waals surface area contributed by atoms with Gasteiger partial charge in [0.2, 0.25) is 0 Å². The predicted octanol–water partition coefficient (Wildman–Crippen LogP) is 0.646. The standard InChI is InChI=1S/C5H9NO.C5H11NO/c7-5-2-1-3-6(5)4-5;7-6-4-2-1-3-5-6/h7H,1-4H2;7H,1-5H2/t5?,6-;/m1./s1. The zero-order chi connectivity index (χ0) is 10.0. The number of aliphatic hydroxyl groups is 1. The van der Waals surface area contributed by atoms with E-state index >= 15 is 0 Å². The average molecular weight is 200 g/mol. The summed E-state index contributed by atoms with van der Waals surface area (Å²) in [5.74, 6) is 0. The van der Waals surface area contributed by atoms with Crippen molar-refractivity contribution in [3.8, 4) is 0 Å². The summed E-state index contributed by atoms with van der Waals surface area (Å²) in [6, 6.07) is 0. The summed E-state index contributed by atoms with van der Waals surface area (Å²) in [5.41, 5.74) is -0.306. The van der Waals surface area contributed by atoms with Gasteiger partial charge in [-0.3, -0.25) is 4.90 Å². The first kappa shape index (κ1) is 10.4. The van der Waals surface area contributed by atoms with Gasteiger partial charge in [0.15, 0.2) is 0 Å². The van der Waals surface area contributed by atoms with Crippen molar-refractivity contribution >= 4 is 0 Å². The van der Waals surface area contributed by atoms with E-state index in [4.69, 9.17) is 5.21 Å². The monoisotopic (exact) mass is 200 g/mol. The lowest BCUT2D eigenvalue weighted by molar-refractivity contribution is -0.103. The summed E-state index contributed by atoms with van der Waals surface area (Å²) >= 11 is 0. The Balaban J connectivity index is 0.000000107. The van der Waals surface area contributed by atoms with Gasteiger partial charge in [0.1, 0.15) is 5.72 Å². The molecule has 3 aliphatic rings. The van der Waals surface area contributed by atoms with Crippen LogP contribution in [-0.2, 0) is 0 Å². The van der Waals surface area contributed by atoms with Gasteiger partial charge in [0.05, 0.1) is 0 Å². The van der Waals surface area contributed by atoms with Gasteiger partial charge < -0.3 is 10.3 Å². The Kier molecular flexibility index (Phi) is 3.07. The first-order valence-corrected chi connectivity index (χ1v) is 5.62. The van der Waals surface area contributed by atoms with E-state index in [0.29, 0.717) is 0 Å². The van der Waals surface area contributed by atoms with Crippen LogP contribution >= 0.6 is 0 Å². The van der Waals surface area contributed by atoms with Crippen molar-refractivity contribution in [3.63, 3.8) is 0 Å². The highest BCUT2D eigenvalue weighted by Crippen LogP contribution is 2.39. The Labute approximate surface area is 85.1 Å². The number of piperidine rings is 2. The lowest BCUT2D eigenvalue weighted by Gasteiger charge is -2.18. The molecule has 0 spiro atoms. The molecule has 1 unspecified atom stereocenters. The number of rotatable bonds is 0. The third kappa shape index (κ3) is 2.45. The molecule has 0 saturated carbocycles. The van der Waals surface area contributed by atoms with Crippen LogP contribution in [-0.4, -0.2) is 52.2 Å². The average Bonchev–Trinajstić information content (AvgIpc) is 2.67. The molecule has 3 fully saturated rings. The number of hydrogen-bond donors (Lipinski definition) is 2. The van der Waals surface area contributed by atoms with E-state index in [2.05, 4.69) is 4.90 Å². The Bertz CT molecular complexity index is 193. The van der Waals surface area contributed by atoms with Crippen molar-refractivity contribution in [2.45, 2.75) is 37.8 Å². The van der Waals surface area contributed by atoms with Gasteiger partial charge in [-0.2, -0.15) is 5.06 Å². The van der Waals surface area contributed by atoms with Crippen molar-refractivity contribution in [2.24, 2.45) is 0 Å².